The molecule has 0 N–H and O–H groups in total. The smallest absolute Gasteiger partial charge is 0.0760 e. The van der Waals surface area contributed by atoms with E-state index in [9.17, 15) is 0 Å². The van der Waals surface area contributed by atoms with E-state index in [-0.39, 0.29) is 0 Å². The number of hydrogen-bond acceptors (Lipinski definition) is 2. The third-order valence-electron chi connectivity index (χ3n) is 4.15. The van der Waals surface area contributed by atoms with E-state index < -0.39 is 0 Å². The topological polar surface area (TPSA) is 0 Å². The van der Waals surface area contributed by atoms with Gasteiger partial charge in [-0.3, -0.25) is 0 Å². The summed E-state index contributed by atoms with van der Waals surface area (Å²) >= 11 is 4.28. The highest BCUT2D eigenvalue weighted by molar-refractivity contribution is 8.18. The Kier molecular flexibility index (Phi) is 4.66. The highest BCUT2D eigenvalue weighted by atomic mass is 32.2. The van der Waals surface area contributed by atoms with E-state index in [0.29, 0.717) is 15.9 Å². The summed E-state index contributed by atoms with van der Waals surface area (Å²) in [7, 11) is 0. The van der Waals surface area contributed by atoms with Gasteiger partial charge in [0.15, 0.2) is 0 Å². The number of benzene rings is 2. The van der Waals surface area contributed by atoms with Gasteiger partial charge in [0.1, 0.15) is 0 Å². The van der Waals surface area contributed by atoms with E-state index in [0.717, 1.165) is 0 Å². The summed E-state index contributed by atoms with van der Waals surface area (Å²) in [6, 6.07) is 22.1. The zero-order valence-electron chi connectivity index (χ0n) is 12.7. The fraction of sp³-hybridized carbons (Fsp3) is 0.368. The van der Waals surface area contributed by atoms with Crippen LogP contribution in [0.3, 0.4) is 0 Å². The van der Waals surface area contributed by atoms with Crippen molar-refractivity contribution in [2.45, 2.75) is 29.8 Å². The molecule has 1 saturated carbocycles. The van der Waals surface area contributed by atoms with Gasteiger partial charge in [-0.2, -0.15) is 0 Å². The van der Waals surface area contributed by atoms with Gasteiger partial charge in [-0.1, -0.05) is 74.5 Å². The van der Waals surface area contributed by atoms with Gasteiger partial charge in [0.25, 0.3) is 0 Å². The van der Waals surface area contributed by atoms with Crippen LogP contribution in [0.15, 0.2) is 60.7 Å². The maximum Gasteiger partial charge on any atom is 0.0760 e. The zero-order chi connectivity index (χ0) is 14.7. The predicted octanol–water partition coefficient (Wildman–Crippen LogP) is 5.77. The van der Waals surface area contributed by atoms with Gasteiger partial charge in [0.05, 0.1) is 4.08 Å². The van der Waals surface area contributed by atoms with Gasteiger partial charge in [-0.15, -0.1) is 23.5 Å². The lowest BCUT2D eigenvalue weighted by Gasteiger charge is -2.16. The number of hydrogen-bond donors (Lipinski definition) is 0. The average molecular weight is 315 g/mol. The molecule has 0 saturated heterocycles. The van der Waals surface area contributed by atoms with E-state index in [4.69, 9.17) is 0 Å². The van der Waals surface area contributed by atoms with Crippen LogP contribution in [0, 0.1) is 0 Å². The summed E-state index contributed by atoms with van der Waals surface area (Å²) in [5.74, 6) is 3.63. The first-order chi connectivity index (χ1) is 10.3. The SMILES string of the molecule is CCSC1(SCC)[C@H](c2ccccc2)[C@@H]1c1ccccc1. The van der Waals surface area contributed by atoms with Crippen molar-refractivity contribution in [2.24, 2.45) is 0 Å². The largest absolute Gasteiger partial charge is 0.143 e. The standard InChI is InChI=1S/C19H22S2/c1-3-20-19(21-4-2)17(15-11-7-5-8-12-15)18(19)16-13-9-6-10-14-16/h5-14,17-18H,3-4H2,1-2H3/t17-,18+. The first kappa shape index (κ1) is 15.1. The molecule has 0 bridgehead atoms. The Balaban J connectivity index is 1.99. The van der Waals surface area contributed by atoms with Gasteiger partial charge in [0.2, 0.25) is 0 Å². The minimum Gasteiger partial charge on any atom is -0.143 e. The van der Waals surface area contributed by atoms with Crippen molar-refractivity contribution >= 4 is 23.5 Å². The minimum absolute atomic E-state index is 0.326. The molecule has 2 aromatic rings. The van der Waals surface area contributed by atoms with E-state index in [1.165, 1.54) is 22.6 Å². The van der Waals surface area contributed by atoms with Crippen LogP contribution in [-0.2, 0) is 0 Å². The summed E-state index contributed by atoms with van der Waals surface area (Å²) in [6.45, 7) is 4.57. The van der Waals surface area contributed by atoms with E-state index in [2.05, 4.69) is 98.0 Å². The molecule has 21 heavy (non-hydrogen) atoms. The molecule has 110 valence electrons. The fourth-order valence-electron chi connectivity index (χ4n) is 3.36. The molecule has 0 aliphatic heterocycles. The van der Waals surface area contributed by atoms with Crippen molar-refractivity contribution in [3.8, 4) is 0 Å². The molecular weight excluding hydrogens is 292 g/mol. The Morgan fingerprint density at radius 2 is 1.10 bits per heavy atom. The zero-order valence-corrected chi connectivity index (χ0v) is 14.3. The summed E-state index contributed by atoms with van der Waals surface area (Å²) in [5.41, 5.74) is 2.99. The highest BCUT2D eigenvalue weighted by Crippen LogP contribution is 2.75. The number of thioether (sulfide) groups is 2. The molecule has 0 radical (unpaired) electrons. The molecule has 2 aromatic carbocycles. The van der Waals surface area contributed by atoms with Crippen molar-refractivity contribution in [1.29, 1.82) is 0 Å². The molecule has 2 heteroatoms. The quantitative estimate of drug-likeness (QED) is 0.621. The first-order valence-electron chi connectivity index (χ1n) is 7.71. The normalized spacial score (nSPS) is 23.0. The van der Waals surface area contributed by atoms with Crippen LogP contribution in [0.1, 0.15) is 36.8 Å². The molecule has 0 nitrogen and oxygen atoms in total. The molecule has 0 heterocycles. The summed E-state index contributed by atoms with van der Waals surface area (Å²) in [5, 5.41) is 0. The Labute approximate surface area is 136 Å². The van der Waals surface area contributed by atoms with Crippen LogP contribution in [0.2, 0.25) is 0 Å². The van der Waals surface area contributed by atoms with Crippen LogP contribution in [-0.4, -0.2) is 15.6 Å². The third-order valence-corrected chi connectivity index (χ3v) is 7.35. The monoisotopic (exact) mass is 314 g/mol. The van der Waals surface area contributed by atoms with Crippen LogP contribution >= 0.6 is 23.5 Å². The fourth-order valence-corrected chi connectivity index (χ4v) is 6.98. The second kappa shape index (κ2) is 6.50. The minimum atomic E-state index is 0.326. The van der Waals surface area contributed by atoms with Crippen molar-refractivity contribution in [2.75, 3.05) is 11.5 Å². The molecule has 2 atom stereocenters. The lowest BCUT2D eigenvalue weighted by atomic mass is 10.0. The van der Waals surface area contributed by atoms with E-state index in [1.807, 2.05) is 0 Å². The predicted molar refractivity (Wildman–Crippen MR) is 97.4 cm³/mol. The summed E-state index contributed by atoms with van der Waals surface area (Å²) < 4.78 is 0.326. The molecule has 1 aliphatic carbocycles. The molecule has 0 spiro atoms. The second-order valence-electron chi connectivity index (χ2n) is 5.36. The van der Waals surface area contributed by atoms with Crippen LogP contribution in [0.5, 0.6) is 0 Å². The Morgan fingerprint density at radius 3 is 1.43 bits per heavy atom. The lowest BCUT2D eigenvalue weighted by molar-refractivity contribution is 1.03. The molecule has 1 aliphatic rings. The van der Waals surface area contributed by atoms with Crippen molar-refractivity contribution in [3.63, 3.8) is 0 Å². The third kappa shape index (κ3) is 2.76. The van der Waals surface area contributed by atoms with Gasteiger partial charge < -0.3 is 0 Å². The maximum atomic E-state index is 2.30. The maximum absolute atomic E-state index is 2.30. The van der Waals surface area contributed by atoms with E-state index >= 15 is 0 Å². The second-order valence-corrected chi connectivity index (χ2v) is 8.71. The van der Waals surface area contributed by atoms with Crippen molar-refractivity contribution in [3.05, 3.63) is 71.8 Å². The van der Waals surface area contributed by atoms with Gasteiger partial charge in [-0.05, 0) is 22.6 Å². The number of rotatable bonds is 6. The summed E-state index contributed by atoms with van der Waals surface area (Å²) in [6.07, 6.45) is 0. The van der Waals surface area contributed by atoms with Crippen LogP contribution in [0.25, 0.3) is 0 Å². The van der Waals surface area contributed by atoms with Gasteiger partial charge in [-0.25, -0.2) is 0 Å². The van der Waals surface area contributed by atoms with Crippen molar-refractivity contribution in [1.82, 2.24) is 0 Å². The lowest BCUT2D eigenvalue weighted by Crippen LogP contribution is -2.04. The molecule has 0 amide bonds. The van der Waals surface area contributed by atoms with Crippen LogP contribution in [0.4, 0.5) is 0 Å². The molecule has 0 aromatic heterocycles. The molecular formula is C19H22S2. The first-order valence-corrected chi connectivity index (χ1v) is 9.68. The Bertz CT molecular complexity index is 511. The Hall–Kier alpha value is -0.860. The van der Waals surface area contributed by atoms with Crippen LogP contribution < -0.4 is 0 Å². The Morgan fingerprint density at radius 1 is 0.714 bits per heavy atom. The van der Waals surface area contributed by atoms with E-state index in [1.54, 1.807) is 0 Å². The molecule has 3 rings (SSSR count). The molecule has 0 unspecified atom stereocenters. The van der Waals surface area contributed by atoms with Crippen molar-refractivity contribution < 1.29 is 0 Å². The summed E-state index contributed by atoms with van der Waals surface area (Å²) in [4.78, 5) is 0. The van der Waals surface area contributed by atoms with Gasteiger partial charge >= 0.3 is 0 Å². The van der Waals surface area contributed by atoms with Gasteiger partial charge in [0, 0.05) is 11.8 Å². The molecule has 1 fully saturated rings. The average Bonchev–Trinajstić information content (AvgIpc) is 3.18. The highest BCUT2D eigenvalue weighted by Gasteiger charge is 2.65.